The Morgan fingerprint density at radius 3 is 2.94 bits per heavy atom. The summed E-state index contributed by atoms with van der Waals surface area (Å²) in [5, 5.41) is 0.808. The van der Waals surface area contributed by atoms with Crippen LogP contribution in [-0.2, 0) is 6.54 Å². The predicted molar refractivity (Wildman–Crippen MR) is 79.2 cm³/mol. The highest BCUT2D eigenvalue weighted by Gasteiger charge is 2.23. The zero-order chi connectivity index (χ0) is 13.0. The molecule has 1 aromatic carbocycles. The van der Waals surface area contributed by atoms with Crippen molar-refractivity contribution in [3.05, 3.63) is 28.8 Å². The minimum Gasteiger partial charge on any atom is -0.368 e. The molecule has 1 saturated heterocycles. The van der Waals surface area contributed by atoms with E-state index in [0.29, 0.717) is 12.6 Å². The van der Waals surface area contributed by atoms with Crippen LogP contribution in [0.15, 0.2) is 18.2 Å². The molecule has 1 unspecified atom stereocenters. The van der Waals surface area contributed by atoms with Crippen molar-refractivity contribution in [2.75, 3.05) is 11.4 Å². The Bertz CT molecular complexity index is 390. The summed E-state index contributed by atoms with van der Waals surface area (Å²) in [6.07, 6.45) is 6.41. The summed E-state index contributed by atoms with van der Waals surface area (Å²) in [6, 6.07) is 6.74. The van der Waals surface area contributed by atoms with Gasteiger partial charge in [-0.3, -0.25) is 0 Å². The number of piperidine rings is 1. The van der Waals surface area contributed by atoms with Crippen molar-refractivity contribution in [3.63, 3.8) is 0 Å². The van der Waals surface area contributed by atoms with E-state index in [1.54, 1.807) is 0 Å². The third kappa shape index (κ3) is 2.99. The SMILES string of the molecule is CCCC1CCCCN1c1cc(Cl)ccc1CN. The first kappa shape index (κ1) is 13.7. The number of hydrogen-bond acceptors (Lipinski definition) is 2. The molecule has 0 amide bonds. The van der Waals surface area contributed by atoms with Crippen molar-refractivity contribution < 1.29 is 0 Å². The van der Waals surface area contributed by atoms with Crippen molar-refractivity contribution in [2.45, 2.75) is 51.6 Å². The van der Waals surface area contributed by atoms with Crippen LogP contribution in [0.2, 0.25) is 5.02 Å². The first-order valence-electron chi connectivity index (χ1n) is 7.01. The third-order valence-corrected chi connectivity index (χ3v) is 4.06. The molecule has 0 radical (unpaired) electrons. The number of halogens is 1. The van der Waals surface area contributed by atoms with Crippen molar-refractivity contribution in [3.8, 4) is 0 Å². The van der Waals surface area contributed by atoms with Gasteiger partial charge in [-0.25, -0.2) is 0 Å². The topological polar surface area (TPSA) is 29.3 Å². The number of nitrogens with zero attached hydrogens (tertiary/aromatic N) is 1. The van der Waals surface area contributed by atoms with Crippen LogP contribution >= 0.6 is 11.6 Å². The van der Waals surface area contributed by atoms with Crippen LogP contribution in [0.4, 0.5) is 5.69 Å². The van der Waals surface area contributed by atoms with E-state index in [0.717, 1.165) is 11.6 Å². The first-order chi connectivity index (χ1) is 8.76. The maximum Gasteiger partial charge on any atom is 0.0429 e. The molecule has 18 heavy (non-hydrogen) atoms. The second kappa shape index (κ2) is 6.44. The standard InChI is InChI=1S/C15H23ClN2/c1-2-5-14-6-3-4-9-18(14)15-10-13(16)8-7-12(15)11-17/h7-8,10,14H,2-6,9,11,17H2,1H3. The number of anilines is 1. The molecule has 1 heterocycles. The molecule has 100 valence electrons. The van der Waals surface area contributed by atoms with Gasteiger partial charge < -0.3 is 10.6 Å². The van der Waals surface area contributed by atoms with Gasteiger partial charge in [0.25, 0.3) is 0 Å². The van der Waals surface area contributed by atoms with Gasteiger partial charge in [0.1, 0.15) is 0 Å². The van der Waals surface area contributed by atoms with Crippen LogP contribution in [-0.4, -0.2) is 12.6 Å². The largest absolute Gasteiger partial charge is 0.368 e. The van der Waals surface area contributed by atoms with Crippen LogP contribution in [0, 0.1) is 0 Å². The molecule has 2 rings (SSSR count). The second-order valence-electron chi connectivity index (χ2n) is 5.11. The summed E-state index contributed by atoms with van der Waals surface area (Å²) in [6.45, 7) is 3.98. The summed E-state index contributed by atoms with van der Waals surface area (Å²) in [5.41, 5.74) is 8.32. The predicted octanol–water partition coefficient (Wildman–Crippen LogP) is 3.96. The fourth-order valence-electron chi connectivity index (χ4n) is 2.93. The Kier molecular flexibility index (Phi) is 4.90. The third-order valence-electron chi connectivity index (χ3n) is 3.83. The lowest BCUT2D eigenvalue weighted by atomic mass is 9.96. The zero-order valence-corrected chi connectivity index (χ0v) is 11.9. The lowest BCUT2D eigenvalue weighted by Gasteiger charge is -2.38. The Hall–Kier alpha value is -0.730. The van der Waals surface area contributed by atoms with Gasteiger partial charge in [-0.2, -0.15) is 0 Å². The molecule has 1 aliphatic rings. The molecule has 1 aliphatic heterocycles. The van der Waals surface area contributed by atoms with E-state index in [-0.39, 0.29) is 0 Å². The fourth-order valence-corrected chi connectivity index (χ4v) is 3.09. The minimum absolute atomic E-state index is 0.585. The molecule has 2 N–H and O–H groups in total. The van der Waals surface area contributed by atoms with Crippen molar-refractivity contribution in [1.29, 1.82) is 0 Å². The van der Waals surface area contributed by atoms with Crippen LogP contribution in [0.25, 0.3) is 0 Å². The van der Waals surface area contributed by atoms with Crippen molar-refractivity contribution in [2.24, 2.45) is 5.73 Å². The normalized spacial score (nSPS) is 20.2. The van der Waals surface area contributed by atoms with Gasteiger partial charge in [0.2, 0.25) is 0 Å². The quantitative estimate of drug-likeness (QED) is 0.894. The Morgan fingerprint density at radius 1 is 1.39 bits per heavy atom. The average molecular weight is 267 g/mol. The zero-order valence-electron chi connectivity index (χ0n) is 11.2. The summed E-state index contributed by atoms with van der Waals surface area (Å²) < 4.78 is 0. The Morgan fingerprint density at radius 2 is 2.22 bits per heavy atom. The average Bonchev–Trinajstić information content (AvgIpc) is 2.40. The minimum atomic E-state index is 0.585. The molecule has 3 heteroatoms. The van der Waals surface area contributed by atoms with E-state index < -0.39 is 0 Å². The molecule has 1 atom stereocenters. The van der Waals surface area contributed by atoms with Gasteiger partial charge >= 0.3 is 0 Å². The van der Waals surface area contributed by atoms with Crippen LogP contribution in [0.5, 0.6) is 0 Å². The first-order valence-corrected chi connectivity index (χ1v) is 7.39. The number of hydrogen-bond donors (Lipinski definition) is 1. The molecule has 0 aromatic heterocycles. The van der Waals surface area contributed by atoms with Gasteiger partial charge in [-0.15, -0.1) is 0 Å². The molecule has 0 saturated carbocycles. The van der Waals surface area contributed by atoms with Gasteiger partial charge in [-0.05, 0) is 43.4 Å². The number of rotatable bonds is 4. The van der Waals surface area contributed by atoms with Crippen molar-refractivity contribution >= 4 is 17.3 Å². The molecule has 2 nitrogen and oxygen atoms in total. The lowest BCUT2D eigenvalue weighted by molar-refractivity contribution is 0.434. The van der Waals surface area contributed by atoms with E-state index in [1.807, 2.05) is 6.07 Å². The fraction of sp³-hybridized carbons (Fsp3) is 0.600. The molecule has 0 bridgehead atoms. The van der Waals surface area contributed by atoms with Gasteiger partial charge in [-0.1, -0.05) is 31.0 Å². The summed E-state index contributed by atoms with van der Waals surface area (Å²) in [4.78, 5) is 2.53. The van der Waals surface area contributed by atoms with Gasteiger partial charge in [0.05, 0.1) is 0 Å². The summed E-state index contributed by atoms with van der Waals surface area (Å²) in [5.74, 6) is 0. The van der Waals surface area contributed by atoms with E-state index in [9.17, 15) is 0 Å². The highest BCUT2D eigenvalue weighted by atomic mass is 35.5. The molecule has 1 fully saturated rings. The monoisotopic (exact) mass is 266 g/mol. The summed E-state index contributed by atoms with van der Waals surface area (Å²) in [7, 11) is 0. The van der Waals surface area contributed by atoms with Gasteiger partial charge in [0.15, 0.2) is 0 Å². The van der Waals surface area contributed by atoms with Crippen LogP contribution in [0.1, 0.15) is 44.6 Å². The van der Waals surface area contributed by atoms with E-state index >= 15 is 0 Å². The molecular weight excluding hydrogens is 244 g/mol. The number of benzene rings is 1. The second-order valence-corrected chi connectivity index (χ2v) is 5.55. The van der Waals surface area contributed by atoms with Gasteiger partial charge in [0, 0.05) is 29.8 Å². The molecule has 1 aromatic rings. The highest BCUT2D eigenvalue weighted by Crippen LogP contribution is 2.31. The Labute approximate surface area is 115 Å². The maximum absolute atomic E-state index is 6.15. The molecule has 0 spiro atoms. The van der Waals surface area contributed by atoms with Crippen LogP contribution < -0.4 is 10.6 Å². The van der Waals surface area contributed by atoms with E-state index in [4.69, 9.17) is 17.3 Å². The Balaban J connectivity index is 2.29. The maximum atomic E-state index is 6.15. The highest BCUT2D eigenvalue weighted by molar-refractivity contribution is 6.30. The van der Waals surface area contributed by atoms with E-state index in [2.05, 4.69) is 24.0 Å². The van der Waals surface area contributed by atoms with Crippen molar-refractivity contribution in [1.82, 2.24) is 0 Å². The smallest absolute Gasteiger partial charge is 0.0429 e. The molecule has 0 aliphatic carbocycles. The van der Waals surface area contributed by atoms with Crippen LogP contribution in [0.3, 0.4) is 0 Å². The number of nitrogens with two attached hydrogens (primary N) is 1. The van der Waals surface area contributed by atoms with E-state index in [1.165, 1.54) is 43.4 Å². The summed E-state index contributed by atoms with van der Waals surface area (Å²) >= 11 is 6.15. The molecular formula is C15H23ClN2. The lowest BCUT2D eigenvalue weighted by Crippen LogP contribution is -2.40.